The molecule has 1 amide bonds. The Hall–Kier alpha value is -2.75. The van der Waals surface area contributed by atoms with Gasteiger partial charge in [-0.1, -0.05) is 0 Å². The zero-order valence-corrected chi connectivity index (χ0v) is 15.2. The molecule has 2 N–H and O–H groups in total. The van der Waals surface area contributed by atoms with E-state index >= 15 is 0 Å². The second-order valence-electron chi connectivity index (χ2n) is 5.63. The second-order valence-corrected chi connectivity index (χ2v) is 6.07. The number of aromatic nitrogens is 1. The van der Waals surface area contributed by atoms with Crippen molar-refractivity contribution in [2.75, 3.05) is 0 Å². The minimum Gasteiger partial charge on any atom is -0.475 e. The quantitative estimate of drug-likeness (QED) is 0.398. The largest absolute Gasteiger partial charge is 0.475 e. The van der Waals surface area contributed by atoms with Crippen LogP contribution in [-0.4, -0.2) is 22.2 Å². The molecule has 0 aliphatic rings. The zero-order chi connectivity index (χ0) is 20.2. The fourth-order valence-corrected chi connectivity index (χ4v) is 2.08. The Kier molecular flexibility index (Phi) is 6.32. The Balaban J connectivity index is 2.31. The van der Waals surface area contributed by atoms with E-state index in [-0.39, 0.29) is 34.3 Å². The number of pyridine rings is 1. The average molecular weight is 399 g/mol. The maximum absolute atomic E-state index is 12.6. The van der Waals surface area contributed by atoms with Crippen LogP contribution in [0.4, 0.5) is 13.2 Å². The Morgan fingerprint density at radius 2 is 1.78 bits per heavy atom. The Labute approximate surface area is 158 Å². The molecule has 6 nitrogen and oxygen atoms in total. The fourth-order valence-electron chi connectivity index (χ4n) is 1.98. The summed E-state index contributed by atoms with van der Waals surface area (Å²) in [6.45, 7) is 3.52. The predicted molar refractivity (Wildman–Crippen MR) is 95.7 cm³/mol. The maximum atomic E-state index is 12.6. The Morgan fingerprint density at radius 1 is 1.19 bits per heavy atom. The van der Waals surface area contributed by atoms with Gasteiger partial charge in [-0.3, -0.25) is 10.2 Å². The minimum atomic E-state index is -4.45. The van der Waals surface area contributed by atoms with Crippen molar-refractivity contribution in [3.05, 3.63) is 47.5 Å². The van der Waals surface area contributed by atoms with E-state index in [1.165, 1.54) is 12.1 Å². The van der Waals surface area contributed by atoms with Gasteiger partial charge in [-0.15, -0.1) is 12.6 Å². The topological polar surface area (TPSA) is 84.3 Å². The van der Waals surface area contributed by atoms with Crippen LogP contribution >= 0.6 is 12.6 Å². The van der Waals surface area contributed by atoms with Gasteiger partial charge >= 0.3 is 6.18 Å². The van der Waals surface area contributed by atoms with Crippen LogP contribution in [0.5, 0.6) is 17.5 Å². The highest BCUT2D eigenvalue weighted by molar-refractivity contribution is 7.96. The van der Waals surface area contributed by atoms with Crippen molar-refractivity contribution >= 4 is 23.7 Å². The molecule has 0 spiro atoms. The molecule has 1 aromatic carbocycles. The molecule has 2 rings (SSSR count). The molecule has 2 aromatic rings. The minimum absolute atomic E-state index is 0.0521. The highest BCUT2D eigenvalue weighted by atomic mass is 32.1. The molecule has 0 bridgehead atoms. The number of halogens is 3. The molecule has 144 valence electrons. The second kappa shape index (κ2) is 8.30. The monoisotopic (exact) mass is 399 g/mol. The highest BCUT2D eigenvalue weighted by Gasteiger charge is 2.30. The van der Waals surface area contributed by atoms with Gasteiger partial charge in [0.25, 0.3) is 5.91 Å². The van der Waals surface area contributed by atoms with Crippen molar-refractivity contribution in [3.8, 4) is 17.5 Å². The lowest BCUT2D eigenvalue weighted by Crippen LogP contribution is -2.26. The van der Waals surface area contributed by atoms with Crippen LogP contribution in [0.15, 0.2) is 36.4 Å². The van der Waals surface area contributed by atoms with E-state index in [1.807, 2.05) is 0 Å². The molecule has 0 radical (unpaired) electrons. The number of amides is 1. The number of carbonyl (C=O) groups excluding carboxylic acids is 1. The summed E-state index contributed by atoms with van der Waals surface area (Å²) in [7, 11) is 0. The molecule has 0 fully saturated rings. The van der Waals surface area contributed by atoms with Crippen LogP contribution in [-0.2, 0) is 6.18 Å². The normalized spacial score (nSPS) is 11.2. The van der Waals surface area contributed by atoms with Crippen molar-refractivity contribution in [2.24, 2.45) is 0 Å². The van der Waals surface area contributed by atoms with Crippen LogP contribution in [0.1, 0.15) is 29.8 Å². The molecular weight excluding hydrogens is 383 g/mol. The lowest BCUT2D eigenvalue weighted by Gasteiger charge is -2.13. The number of benzene rings is 1. The van der Waals surface area contributed by atoms with E-state index in [1.54, 1.807) is 13.8 Å². The number of rotatable bonds is 5. The van der Waals surface area contributed by atoms with Crippen LogP contribution in [0.3, 0.4) is 0 Å². The molecule has 0 atom stereocenters. The van der Waals surface area contributed by atoms with E-state index in [9.17, 15) is 18.0 Å². The highest BCUT2D eigenvalue weighted by Crippen LogP contribution is 2.31. The smallest absolute Gasteiger partial charge is 0.416 e. The Bertz CT molecular complexity index is 840. The molecule has 0 unspecified atom stereocenters. The fraction of sp³-hybridized carbons (Fsp3) is 0.235. The molecule has 0 saturated heterocycles. The number of alkyl halides is 3. The lowest BCUT2D eigenvalue weighted by molar-refractivity contribution is -0.137. The number of nitrogens with zero attached hydrogens (tertiary/aromatic N) is 1. The van der Waals surface area contributed by atoms with Gasteiger partial charge in [0.2, 0.25) is 11.8 Å². The van der Waals surface area contributed by atoms with Crippen molar-refractivity contribution in [1.82, 2.24) is 10.3 Å². The molecule has 27 heavy (non-hydrogen) atoms. The van der Waals surface area contributed by atoms with Gasteiger partial charge < -0.3 is 14.8 Å². The third kappa shape index (κ3) is 6.17. The zero-order valence-electron chi connectivity index (χ0n) is 14.3. The summed E-state index contributed by atoms with van der Waals surface area (Å²) in [6.07, 6.45) is -4.69. The average Bonchev–Trinajstić information content (AvgIpc) is 2.53. The van der Waals surface area contributed by atoms with Gasteiger partial charge in [-0.25, -0.2) is 0 Å². The van der Waals surface area contributed by atoms with Gasteiger partial charge in [0.05, 0.1) is 17.2 Å². The summed E-state index contributed by atoms with van der Waals surface area (Å²) in [5.41, 5.74) is -0.728. The van der Waals surface area contributed by atoms with E-state index < -0.39 is 17.6 Å². The molecule has 1 aromatic heterocycles. The number of thiol groups is 1. The van der Waals surface area contributed by atoms with Crippen molar-refractivity contribution in [1.29, 1.82) is 5.41 Å². The first-order valence-corrected chi connectivity index (χ1v) is 8.12. The molecule has 0 saturated carbocycles. The SMILES string of the molecule is CC(C)Oc1cc(C(=O)NC(=N)S)cc(Oc2ccc(C(F)(F)F)cc2)n1. The molecule has 1 heterocycles. The number of amidine groups is 1. The third-order valence-electron chi connectivity index (χ3n) is 3.03. The standard InChI is InChI=1S/C17H16F3N3O3S/c1-9(2)25-13-7-10(15(24)23-16(21)27)8-14(22-13)26-12-5-3-11(4-6-12)17(18,19)20/h3-9H,1-2H3,(H3,21,23,24,27). The molecule has 0 aliphatic carbocycles. The predicted octanol–water partition coefficient (Wildman–Crippen LogP) is 4.27. The summed E-state index contributed by atoms with van der Waals surface area (Å²) < 4.78 is 48.8. The van der Waals surface area contributed by atoms with Crippen LogP contribution in [0.2, 0.25) is 0 Å². The summed E-state index contributed by atoms with van der Waals surface area (Å²) in [5.74, 6) is -0.497. The van der Waals surface area contributed by atoms with E-state index in [0.29, 0.717) is 0 Å². The van der Waals surface area contributed by atoms with E-state index in [2.05, 4.69) is 22.9 Å². The lowest BCUT2D eigenvalue weighted by atomic mass is 10.2. The summed E-state index contributed by atoms with van der Waals surface area (Å²) in [4.78, 5) is 16.2. The number of hydrogen-bond donors (Lipinski definition) is 3. The van der Waals surface area contributed by atoms with E-state index in [4.69, 9.17) is 14.9 Å². The maximum Gasteiger partial charge on any atom is 0.416 e. The van der Waals surface area contributed by atoms with Gasteiger partial charge in [-0.05, 0) is 38.1 Å². The van der Waals surface area contributed by atoms with Crippen molar-refractivity contribution < 1.29 is 27.4 Å². The van der Waals surface area contributed by atoms with E-state index in [0.717, 1.165) is 24.3 Å². The van der Waals surface area contributed by atoms with Gasteiger partial charge in [0.1, 0.15) is 5.75 Å². The first-order chi connectivity index (χ1) is 12.5. The van der Waals surface area contributed by atoms with Crippen LogP contribution < -0.4 is 14.8 Å². The number of ether oxygens (including phenoxy) is 2. The van der Waals surface area contributed by atoms with Gasteiger partial charge in [-0.2, -0.15) is 18.2 Å². The number of carbonyl (C=O) groups is 1. The van der Waals surface area contributed by atoms with Gasteiger partial charge in [0, 0.05) is 12.1 Å². The molecule has 10 heteroatoms. The first kappa shape index (κ1) is 20.6. The summed E-state index contributed by atoms with van der Waals surface area (Å²) in [5, 5.41) is 9.05. The Morgan fingerprint density at radius 3 is 2.30 bits per heavy atom. The molecule has 0 aliphatic heterocycles. The third-order valence-corrected chi connectivity index (χ3v) is 3.14. The van der Waals surface area contributed by atoms with Crippen molar-refractivity contribution in [2.45, 2.75) is 26.1 Å². The van der Waals surface area contributed by atoms with Crippen LogP contribution in [0, 0.1) is 5.41 Å². The van der Waals surface area contributed by atoms with Crippen LogP contribution in [0.25, 0.3) is 0 Å². The summed E-state index contributed by atoms with van der Waals surface area (Å²) >= 11 is 3.69. The van der Waals surface area contributed by atoms with Gasteiger partial charge in [0.15, 0.2) is 5.17 Å². The number of hydrogen-bond acceptors (Lipinski definition) is 5. The molecular formula is C17H16F3N3O3S. The number of nitrogens with one attached hydrogen (secondary N) is 2. The first-order valence-electron chi connectivity index (χ1n) is 7.67. The summed E-state index contributed by atoms with van der Waals surface area (Å²) in [6, 6.07) is 6.66. The van der Waals surface area contributed by atoms with Crippen molar-refractivity contribution in [3.63, 3.8) is 0 Å².